The smallest absolute Gasteiger partial charge is 0.150 e. The fourth-order valence-corrected chi connectivity index (χ4v) is 1.19. The summed E-state index contributed by atoms with van der Waals surface area (Å²) in [6, 6.07) is 0. The van der Waals surface area contributed by atoms with Gasteiger partial charge in [0.2, 0.25) is 0 Å². The standard InChI is InChI=1S/C11H19ClN4/c1-7(2)11(3,4)5-14-10-8(12)9(13)15-6-16-10/h6-7H,5H2,1-4H3,(H3,13,14,15,16). The molecule has 1 aromatic heterocycles. The van der Waals surface area contributed by atoms with Gasteiger partial charge in [0.25, 0.3) is 0 Å². The third-order valence-corrected chi connectivity index (χ3v) is 3.46. The molecule has 1 heterocycles. The molecule has 0 radical (unpaired) electrons. The molecular formula is C11H19ClN4. The summed E-state index contributed by atoms with van der Waals surface area (Å²) in [5.74, 6) is 1.47. The van der Waals surface area contributed by atoms with E-state index in [4.69, 9.17) is 17.3 Å². The first kappa shape index (κ1) is 13.0. The van der Waals surface area contributed by atoms with Crippen molar-refractivity contribution in [1.29, 1.82) is 0 Å². The number of hydrogen-bond acceptors (Lipinski definition) is 4. The van der Waals surface area contributed by atoms with Crippen LogP contribution in [-0.2, 0) is 0 Å². The molecule has 0 fully saturated rings. The maximum absolute atomic E-state index is 5.99. The Bertz CT molecular complexity index is 363. The van der Waals surface area contributed by atoms with E-state index in [1.165, 1.54) is 6.33 Å². The average Bonchev–Trinajstić information content (AvgIpc) is 2.20. The highest BCUT2D eigenvalue weighted by Crippen LogP contribution is 2.28. The number of nitrogens with zero attached hydrogens (tertiary/aromatic N) is 2. The van der Waals surface area contributed by atoms with Crippen LogP contribution >= 0.6 is 11.6 Å². The zero-order valence-electron chi connectivity index (χ0n) is 10.2. The van der Waals surface area contributed by atoms with E-state index in [0.717, 1.165) is 6.54 Å². The molecule has 5 heteroatoms. The third kappa shape index (κ3) is 2.98. The Kier molecular flexibility index (Phi) is 3.97. The highest BCUT2D eigenvalue weighted by Gasteiger charge is 2.22. The number of nitrogen functional groups attached to an aromatic ring is 1. The molecule has 0 amide bonds. The van der Waals surface area contributed by atoms with Crippen LogP contribution in [0.2, 0.25) is 5.02 Å². The second kappa shape index (κ2) is 4.87. The SMILES string of the molecule is CC(C)C(C)(C)CNc1ncnc(N)c1Cl. The predicted molar refractivity (Wildman–Crippen MR) is 68.6 cm³/mol. The van der Waals surface area contributed by atoms with Crippen molar-refractivity contribution in [3.63, 3.8) is 0 Å². The van der Waals surface area contributed by atoms with Gasteiger partial charge in [-0.15, -0.1) is 0 Å². The minimum absolute atomic E-state index is 0.170. The number of nitrogens with one attached hydrogen (secondary N) is 1. The summed E-state index contributed by atoms with van der Waals surface area (Å²) in [7, 11) is 0. The van der Waals surface area contributed by atoms with Crippen LogP contribution in [-0.4, -0.2) is 16.5 Å². The van der Waals surface area contributed by atoms with Crippen LogP contribution in [0.15, 0.2) is 6.33 Å². The maximum atomic E-state index is 5.99. The molecule has 4 nitrogen and oxygen atoms in total. The average molecular weight is 243 g/mol. The molecule has 1 rings (SSSR count). The van der Waals surface area contributed by atoms with E-state index >= 15 is 0 Å². The van der Waals surface area contributed by atoms with Crippen LogP contribution in [0.4, 0.5) is 11.6 Å². The summed E-state index contributed by atoms with van der Waals surface area (Å²) < 4.78 is 0. The minimum Gasteiger partial charge on any atom is -0.382 e. The lowest BCUT2D eigenvalue weighted by Crippen LogP contribution is -2.28. The Hall–Kier alpha value is -1.03. The van der Waals surface area contributed by atoms with Gasteiger partial charge in [0.05, 0.1) is 0 Å². The first-order valence-corrected chi connectivity index (χ1v) is 5.72. The van der Waals surface area contributed by atoms with Gasteiger partial charge in [-0.3, -0.25) is 0 Å². The van der Waals surface area contributed by atoms with Gasteiger partial charge >= 0.3 is 0 Å². The van der Waals surface area contributed by atoms with Gasteiger partial charge in [-0.05, 0) is 11.3 Å². The van der Waals surface area contributed by atoms with Crippen molar-refractivity contribution < 1.29 is 0 Å². The van der Waals surface area contributed by atoms with Gasteiger partial charge < -0.3 is 11.1 Å². The number of nitrogens with two attached hydrogens (primary N) is 1. The number of halogens is 1. The number of rotatable bonds is 4. The van der Waals surface area contributed by atoms with Gasteiger partial charge in [-0.1, -0.05) is 39.3 Å². The Morgan fingerprint density at radius 2 is 2.06 bits per heavy atom. The minimum atomic E-state index is 0.170. The van der Waals surface area contributed by atoms with Gasteiger partial charge in [-0.2, -0.15) is 0 Å². The lowest BCUT2D eigenvalue weighted by atomic mass is 9.81. The molecule has 0 aliphatic rings. The summed E-state index contributed by atoms with van der Waals surface area (Å²) in [4.78, 5) is 7.88. The Balaban J connectivity index is 2.72. The van der Waals surface area contributed by atoms with E-state index in [1.54, 1.807) is 0 Å². The summed E-state index contributed by atoms with van der Waals surface area (Å²) in [5, 5.41) is 3.60. The van der Waals surface area contributed by atoms with Gasteiger partial charge in [0.1, 0.15) is 23.0 Å². The van der Waals surface area contributed by atoms with Crippen molar-refractivity contribution in [1.82, 2.24) is 9.97 Å². The molecule has 0 saturated carbocycles. The van der Waals surface area contributed by atoms with Gasteiger partial charge in [0, 0.05) is 6.54 Å². The zero-order valence-corrected chi connectivity index (χ0v) is 11.0. The highest BCUT2D eigenvalue weighted by molar-refractivity contribution is 6.35. The van der Waals surface area contributed by atoms with Crippen molar-refractivity contribution in [2.75, 3.05) is 17.6 Å². The monoisotopic (exact) mass is 242 g/mol. The topological polar surface area (TPSA) is 63.8 Å². The largest absolute Gasteiger partial charge is 0.382 e. The van der Waals surface area contributed by atoms with Crippen molar-refractivity contribution in [2.45, 2.75) is 27.7 Å². The lowest BCUT2D eigenvalue weighted by Gasteiger charge is -2.29. The number of aromatic nitrogens is 2. The normalized spacial score (nSPS) is 11.9. The quantitative estimate of drug-likeness (QED) is 0.852. The van der Waals surface area contributed by atoms with E-state index in [-0.39, 0.29) is 5.41 Å². The molecule has 0 saturated heterocycles. The van der Waals surface area contributed by atoms with Crippen molar-refractivity contribution >= 4 is 23.2 Å². The van der Waals surface area contributed by atoms with Crippen LogP contribution in [0.3, 0.4) is 0 Å². The number of anilines is 2. The molecule has 90 valence electrons. The first-order valence-electron chi connectivity index (χ1n) is 5.34. The van der Waals surface area contributed by atoms with Crippen molar-refractivity contribution in [3.8, 4) is 0 Å². The summed E-state index contributed by atoms with van der Waals surface area (Å²) in [6.45, 7) is 9.57. The molecule has 3 N–H and O–H groups in total. The molecule has 0 aliphatic heterocycles. The van der Waals surface area contributed by atoms with Crippen LogP contribution in [0.5, 0.6) is 0 Å². The molecule has 1 aromatic rings. The molecule has 0 unspecified atom stereocenters. The van der Waals surface area contributed by atoms with Gasteiger partial charge in [0.15, 0.2) is 0 Å². The Labute approximate surface area is 102 Å². The summed E-state index contributed by atoms with van der Waals surface area (Å²) >= 11 is 5.99. The Morgan fingerprint density at radius 3 is 2.62 bits per heavy atom. The van der Waals surface area contributed by atoms with E-state index in [0.29, 0.717) is 22.6 Å². The summed E-state index contributed by atoms with van der Waals surface area (Å²) in [6.07, 6.45) is 1.41. The van der Waals surface area contributed by atoms with Crippen LogP contribution < -0.4 is 11.1 Å². The molecular weight excluding hydrogens is 224 g/mol. The predicted octanol–water partition coefficient (Wildman–Crippen LogP) is 2.81. The molecule has 0 aliphatic carbocycles. The van der Waals surface area contributed by atoms with E-state index in [2.05, 4.69) is 43.0 Å². The van der Waals surface area contributed by atoms with Crippen LogP contribution in [0, 0.1) is 11.3 Å². The van der Waals surface area contributed by atoms with E-state index < -0.39 is 0 Å². The van der Waals surface area contributed by atoms with Crippen molar-refractivity contribution in [2.24, 2.45) is 11.3 Å². The van der Waals surface area contributed by atoms with E-state index in [1.807, 2.05) is 0 Å². The molecule has 0 aromatic carbocycles. The first-order chi connectivity index (χ1) is 7.34. The fourth-order valence-electron chi connectivity index (χ4n) is 1.02. The molecule has 0 atom stereocenters. The van der Waals surface area contributed by atoms with Crippen molar-refractivity contribution in [3.05, 3.63) is 11.3 Å². The highest BCUT2D eigenvalue weighted by atomic mass is 35.5. The van der Waals surface area contributed by atoms with Crippen LogP contribution in [0.25, 0.3) is 0 Å². The number of hydrogen-bond donors (Lipinski definition) is 2. The second-order valence-corrected chi connectivity index (χ2v) is 5.30. The Morgan fingerprint density at radius 1 is 1.44 bits per heavy atom. The third-order valence-electron chi connectivity index (χ3n) is 3.09. The zero-order chi connectivity index (χ0) is 12.3. The second-order valence-electron chi connectivity index (χ2n) is 4.92. The van der Waals surface area contributed by atoms with Gasteiger partial charge in [-0.25, -0.2) is 9.97 Å². The van der Waals surface area contributed by atoms with E-state index in [9.17, 15) is 0 Å². The summed E-state index contributed by atoms with van der Waals surface area (Å²) in [5.41, 5.74) is 5.77. The van der Waals surface area contributed by atoms with Crippen LogP contribution in [0.1, 0.15) is 27.7 Å². The molecule has 16 heavy (non-hydrogen) atoms. The maximum Gasteiger partial charge on any atom is 0.150 e. The molecule has 0 spiro atoms. The molecule has 0 bridgehead atoms. The lowest BCUT2D eigenvalue weighted by molar-refractivity contribution is 0.269. The fraction of sp³-hybridized carbons (Fsp3) is 0.636.